The summed E-state index contributed by atoms with van der Waals surface area (Å²) in [5.41, 5.74) is 2.86. The van der Waals surface area contributed by atoms with E-state index >= 15 is 0 Å². The zero-order valence-corrected chi connectivity index (χ0v) is 12.6. The second-order valence-corrected chi connectivity index (χ2v) is 6.96. The predicted molar refractivity (Wildman–Crippen MR) is 81.4 cm³/mol. The molecule has 1 aromatic rings. The molecule has 2 aliphatic rings. The summed E-state index contributed by atoms with van der Waals surface area (Å²) in [6.07, 6.45) is 10.6. The van der Waals surface area contributed by atoms with Crippen molar-refractivity contribution in [3.8, 4) is 0 Å². The van der Waals surface area contributed by atoms with E-state index in [4.69, 9.17) is 0 Å². The molecule has 3 rings (SSSR count). The molecule has 0 radical (unpaired) electrons. The Bertz CT molecular complexity index is 458. The molecule has 2 fully saturated rings. The quantitative estimate of drug-likeness (QED) is 0.841. The first kappa shape index (κ1) is 14.1. The summed E-state index contributed by atoms with van der Waals surface area (Å²) in [5, 5.41) is 3.74. The highest BCUT2D eigenvalue weighted by atomic mass is 19.1. The number of aryl methyl sites for hydroxylation is 1. The van der Waals surface area contributed by atoms with Crippen LogP contribution in [0.15, 0.2) is 18.2 Å². The molecule has 0 unspecified atom stereocenters. The summed E-state index contributed by atoms with van der Waals surface area (Å²) in [5.74, 6) is -0.111. The monoisotopic (exact) mass is 275 g/mol. The van der Waals surface area contributed by atoms with Gasteiger partial charge in [-0.2, -0.15) is 0 Å². The molecule has 0 aromatic heterocycles. The average Bonchev–Trinajstić information content (AvgIpc) is 3.25. The van der Waals surface area contributed by atoms with E-state index in [1.807, 2.05) is 13.0 Å². The zero-order valence-electron chi connectivity index (χ0n) is 12.6. The van der Waals surface area contributed by atoms with Gasteiger partial charge < -0.3 is 5.32 Å². The van der Waals surface area contributed by atoms with Crippen LogP contribution >= 0.6 is 0 Å². The van der Waals surface area contributed by atoms with Gasteiger partial charge in [0.1, 0.15) is 5.82 Å². The number of halogens is 1. The molecule has 0 saturated heterocycles. The lowest BCUT2D eigenvalue weighted by molar-refractivity contribution is 0.180. The van der Waals surface area contributed by atoms with Crippen LogP contribution in [-0.2, 0) is 6.42 Å². The molecular formula is C18H26FN. The average molecular weight is 275 g/mol. The molecule has 2 aliphatic carbocycles. The minimum atomic E-state index is -0.111. The smallest absolute Gasteiger partial charge is 0.123 e. The molecule has 0 amide bonds. The maximum absolute atomic E-state index is 13.3. The van der Waals surface area contributed by atoms with Crippen LogP contribution in [0.1, 0.15) is 56.1 Å². The number of nitrogens with one attached hydrogen (secondary N) is 1. The second-order valence-electron chi connectivity index (χ2n) is 6.96. The molecule has 2 saturated carbocycles. The molecular weight excluding hydrogens is 249 g/mol. The summed E-state index contributed by atoms with van der Waals surface area (Å²) in [6.45, 7) is 3.19. The molecule has 1 N–H and O–H groups in total. The lowest BCUT2D eigenvalue weighted by atomic mass is 9.70. The van der Waals surface area contributed by atoms with E-state index in [1.165, 1.54) is 50.5 Å². The number of hydrogen-bond donors (Lipinski definition) is 1. The Morgan fingerprint density at radius 2 is 1.95 bits per heavy atom. The van der Waals surface area contributed by atoms with Crippen molar-refractivity contribution < 1.29 is 4.39 Å². The highest BCUT2D eigenvalue weighted by Gasteiger charge is 2.34. The fourth-order valence-corrected chi connectivity index (χ4v) is 3.63. The molecule has 0 bridgehead atoms. The minimum Gasteiger partial charge on any atom is -0.313 e. The van der Waals surface area contributed by atoms with Crippen LogP contribution < -0.4 is 5.32 Å². The van der Waals surface area contributed by atoms with Crippen LogP contribution in [0.5, 0.6) is 0 Å². The molecule has 0 spiro atoms. The fraction of sp³-hybridized carbons (Fsp3) is 0.667. The van der Waals surface area contributed by atoms with Crippen LogP contribution in [0.3, 0.4) is 0 Å². The van der Waals surface area contributed by atoms with Crippen LogP contribution in [0, 0.1) is 18.2 Å². The van der Waals surface area contributed by atoms with Crippen molar-refractivity contribution in [2.24, 2.45) is 5.41 Å². The normalized spacial score (nSPS) is 21.9. The Kier molecular flexibility index (Phi) is 4.11. The molecule has 1 aromatic carbocycles. The lowest BCUT2D eigenvalue weighted by Gasteiger charge is -2.38. The van der Waals surface area contributed by atoms with E-state index in [1.54, 1.807) is 12.1 Å². The standard InChI is InChI=1S/C18H26FN/c1-14-11-16(19)6-5-15(14)12-18(9-3-2-4-10-18)13-20-17-7-8-17/h5-6,11,17,20H,2-4,7-10,12-13H2,1H3. The van der Waals surface area contributed by atoms with Gasteiger partial charge in [-0.05, 0) is 67.7 Å². The minimum absolute atomic E-state index is 0.111. The maximum Gasteiger partial charge on any atom is 0.123 e. The molecule has 1 nitrogen and oxygen atoms in total. The highest BCUT2D eigenvalue weighted by molar-refractivity contribution is 5.28. The Morgan fingerprint density at radius 3 is 2.60 bits per heavy atom. The third-order valence-corrected chi connectivity index (χ3v) is 5.13. The maximum atomic E-state index is 13.3. The Hall–Kier alpha value is -0.890. The first-order valence-electron chi connectivity index (χ1n) is 8.15. The van der Waals surface area contributed by atoms with E-state index in [0.717, 1.165) is 24.6 Å². The van der Waals surface area contributed by atoms with Gasteiger partial charge in [0.05, 0.1) is 0 Å². The van der Waals surface area contributed by atoms with E-state index in [2.05, 4.69) is 5.32 Å². The van der Waals surface area contributed by atoms with E-state index in [9.17, 15) is 4.39 Å². The van der Waals surface area contributed by atoms with Crippen molar-refractivity contribution in [2.75, 3.05) is 6.54 Å². The van der Waals surface area contributed by atoms with Crippen molar-refractivity contribution in [3.63, 3.8) is 0 Å². The summed E-state index contributed by atoms with van der Waals surface area (Å²) < 4.78 is 13.3. The van der Waals surface area contributed by atoms with Crippen LogP contribution in [0.4, 0.5) is 4.39 Å². The third-order valence-electron chi connectivity index (χ3n) is 5.13. The first-order chi connectivity index (χ1) is 9.67. The van der Waals surface area contributed by atoms with E-state index in [-0.39, 0.29) is 5.82 Å². The number of rotatable bonds is 5. The zero-order chi connectivity index (χ0) is 14.0. The van der Waals surface area contributed by atoms with Crippen molar-refractivity contribution >= 4 is 0 Å². The molecule has 0 heterocycles. The molecule has 0 aliphatic heterocycles. The molecule has 2 heteroatoms. The van der Waals surface area contributed by atoms with Crippen molar-refractivity contribution in [1.82, 2.24) is 5.32 Å². The fourth-order valence-electron chi connectivity index (χ4n) is 3.63. The van der Waals surface area contributed by atoms with Gasteiger partial charge >= 0.3 is 0 Å². The molecule has 20 heavy (non-hydrogen) atoms. The SMILES string of the molecule is Cc1cc(F)ccc1CC1(CNC2CC2)CCCCC1. The highest BCUT2D eigenvalue weighted by Crippen LogP contribution is 2.40. The van der Waals surface area contributed by atoms with Gasteiger partial charge in [0, 0.05) is 12.6 Å². The predicted octanol–water partition coefficient (Wildman–Crippen LogP) is 4.38. The Morgan fingerprint density at radius 1 is 1.20 bits per heavy atom. The van der Waals surface area contributed by atoms with Gasteiger partial charge in [0.25, 0.3) is 0 Å². The van der Waals surface area contributed by atoms with E-state index < -0.39 is 0 Å². The van der Waals surface area contributed by atoms with Gasteiger partial charge in [-0.1, -0.05) is 25.3 Å². The number of benzene rings is 1. The van der Waals surface area contributed by atoms with Crippen LogP contribution in [-0.4, -0.2) is 12.6 Å². The summed E-state index contributed by atoms with van der Waals surface area (Å²) in [4.78, 5) is 0. The van der Waals surface area contributed by atoms with Gasteiger partial charge in [0.15, 0.2) is 0 Å². The van der Waals surface area contributed by atoms with Crippen LogP contribution in [0.25, 0.3) is 0 Å². The Labute approximate surface area is 122 Å². The van der Waals surface area contributed by atoms with E-state index in [0.29, 0.717) is 5.41 Å². The van der Waals surface area contributed by atoms with Crippen LogP contribution in [0.2, 0.25) is 0 Å². The van der Waals surface area contributed by atoms with Gasteiger partial charge in [-0.3, -0.25) is 0 Å². The summed E-state index contributed by atoms with van der Waals surface area (Å²) >= 11 is 0. The summed E-state index contributed by atoms with van der Waals surface area (Å²) in [7, 11) is 0. The van der Waals surface area contributed by atoms with Gasteiger partial charge in [0.2, 0.25) is 0 Å². The van der Waals surface area contributed by atoms with Crippen molar-refractivity contribution in [3.05, 3.63) is 35.1 Å². The van der Waals surface area contributed by atoms with Crippen molar-refractivity contribution in [2.45, 2.75) is 64.3 Å². The third kappa shape index (κ3) is 3.41. The first-order valence-corrected chi connectivity index (χ1v) is 8.15. The van der Waals surface area contributed by atoms with Crippen molar-refractivity contribution in [1.29, 1.82) is 0 Å². The Balaban J connectivity index is 1.73. The number of hydrogen-bond acceptors (Lipinski definition) is 1. The lowest BCUT2D eigenvalue weighted by Crippen LogP contribution is -2.39. The largest absolute Gasteiger partial charge is 0.313 e. The summed E-state index contributed by atoms with van der Waals surface area (Å²) in [6, 6.07) is 6.08. The molecule has 0 atom stereocenters. The molecule has 110 valence electrons. The topological polar surface area (TPSA) is 12.0 Å². The second kappa shape index (κ2) is 5.85. The van der Waals surface area contributed by atoms with Gasteiger partial charge in [-0.15, -0.1) is 0 Å². The van der Waals surface area contributed by atoms with Gasteiger partial charge in [-0.25, -0.2) is 4.39 Å².